The van der Waals surface area contributed by atoms with Gasteiger partial charge >= 0.3 is 0 Å². The fraction of sp³-hybridized carbons (Fsp3) is 0.300. The second-order valence-corrected chi connectivity index (χ2v) is 8.05. The largest absolute Gasteiger partial charge is 0.507 e. The molecule has 2 aromatic rings. The van der Waals surface area contributed by atoms with E-state index in [0.29, 0.717) is 29.4 Å². The van der Waals surface area contributed by atoms with Crippen molar-refractivity contribution in [2.45, 2.75) is 6.04 Å². The Morgan fingerprint density at radius 2 is 2.07 bits per heavy atom. The molecule has 0 saturated carbocycles. The number of ketones is 1. The van der Waals surface area contributed by atoms with Gasteiger partial charge in [-0.3, -0.25) is 9.59 Å². The lowest BCUT2D eigenvalue weighted by atomic mass is 10.00. The molecule has 28 heavy (non-hydrogen) atoms. The number of likely N-dealkylation sites (N-methyl/N-ethyl adjacent to an activating group) is 1. The number of benzene rings is 1. The van der Waals surface area contributed by atoms with Crippen LogP contribution in [0.2, 0.25) is 5.02 Å². The average molecular weight is 421 g/mol. The molecule has 1 aliphatic rings. The predicted octanol–water partition coefficient (Wildman–Crippen LogP) is 3.39. The van der Waals surface area contributed by atoms with Crippen molar-refractivity contribution >= 4 is 40.4 Å². The van der Waals surface area contributed by atoms with Crippen LogP contribution in [0.25, 0.3) is 5.76 Å². The quantitative estimate of drug-likeness (QED) is 0.440. The Morgan fingerprint density at radius 3 is 2.64 bits per heavy atom. The highest BCUT2D eigenvalue weighted by Gasteiger charge is 2.46. The Morgan fingerprint density at radius 1 is 1.32 bits per heavy atom. The van der Waals surface area contributed by atoms with E-state index in [-0.39, 0.29) is 11.3 Å². The molecule has 1 amide bonds. The molecule has 0 bridgehead atoms. The van der Waals surface area contributed by atoms with Gasteiger partial charge < -0.3 is 19.6 Å². The smallest absolute Gasteiger partial charge is 0.295 e. The minimum absolute atomic E-state index is 0.0763. The minimum Gasteiger partial charge on any atom is -0.507 e. The molecule has 1 saturated heterocycles. The lowest BCUT2D eigenvalue weighted by Gasteiger charge is -2.25. The van der Waals surface area contributed by atoms with Crippen LogP contribution in [0.1, 0.15) is 16.5 Å². The van der Waals surface area contributed by atoms with Crippen LogP contribution in [0.4, 0.5) is 0 Å². The molecule has 1 aromatic heterocycles. The molecule has 0 unspecified atom stereocenters. The van der Waals surface area contributed by atoms with Crippen LogP contribution < -0.4 is 4.74 Å². The minimum atomic E-state index is -0.693. The van der Waals surface area contributed by atoms with Crippen LogP contribution in [-0.2, 0) is 9.59 Å². The highest BCUT2D eigenvalue weighted by molar-refractivity contribution is 7.10. The summed E-state index contributed by atoms with van der Waals surface area (Å²) in [5.41, 5.74) is 0.436. The van der Waals surface area contributed by atoms with Gasteiger partial charge in [-0.1, -0.05) is 17.7 Å². The number of halogens is 1. The number of aliphatic hydroxyl groups excluding tert-OH is 1. The fourth-order valence-electron chi connectivity index (χ4n) is 3.13. The summed E-state index contributed by atoms with van der Waals surface area (Å²) in [7, 11) is 5.29. The van der Waals surface area contributed by atoms with E-state index in [4.69, 9.17) is 16.3 Å². The SMILES string of the molecule is COc1ccc(C(O)=C2C(=O)C(=O)N(CCN(C)C)[C@@H]2c2cccs2)cc1Cl. The highest BCUT2D eigenvalue weighted by atomic mass is 35.5. The Balaban J connectivity index is 2.10. The summed E-state index contributed by atoms with van der Waals surface area (Å²) in [5, 5.41) is 13.1. The zero-order chi connectivity index (χ0) is 20.4. The molecule has 2 heterocycles. The molecule has 1 aliphatic heterocycles. The zero-order valence-corrected chi connectivity index (χ0v) is 17.4. The number of hydrogen-bond acceptors (Lipinski definition) is 6. The third-order valence-electron chi connectivity index (χ3n) is 4.57. The van der Waals surface area contributed by atoms with Crippen LogP contribution >= 0.6 is 22.9 Å². The second-order valence-electron chi connectivity index (χ2n) is 6.66. The number of rotatable bonds is 6. The van der Waals surface area contributed by atoms with Gasteiger partial charge in [-0.2, -0.15) is 0 Å². The van der Waals surface area contributed by atoms with Gasteiger partial charge in [0.15, 0.2) is 0 Å². The molecule has 1 atom stereocenters. The molecule has 148 valence electrons. The number of likely N-dealkylation sites (tertiary alicyclic amines) is 1. The number of aliphatic hydroxyl groups is 1. The third kappa shape index (κ3) is 3.78. The van der Waals surface area contributed by atoms with Gasteiger partial charge in [-0.05, 0) is 43.7 Å². The molecule has 0 radical (unpaired) electrons. The maximum atomic E-state index is 12.8. The number of carbonyl (C=O) groups excluding carboxylic acids is 2. The van der Waals surface area contributed by atoms with Crippen LogP contribution in [0.15, 0.2) is 41.3 Å². The van der Waals surface area contributed by atoms with E-state index >= 15 is 0 Å². The molecule has 0 aliphatic carbocycles. The van der Waals surface area contributed by atoms with E-state index < -0.39 is 17.7 Å². The van der Waals surface area contributed by atoms with Gasteiger partial charge in [0.25, 0.3) is 11.7 Å². The van der Waals surface area contributed by atoms with Crippen molar-refractivity contribution in [1.29, 1.82) is 0 Å². The van der Waals surface area contributed by atoms with Crippen molar-refractivity contribution in [1.82, 2.24) is 9.80 Å². The zero-order valence-electron chi connectivity index (χ0n) is 15.8. The summed E-state index contributed by atoms with van der Waals surface area (Å²) in [5.74, 6) is -1.09. The lowest BCUT2D eigenvalue weighted by molar-refractivity contribution is -0.140. The molecular formula is C20H21ClN2O4S. The van der Waals surface area contributed by atoms with E-state index in [1.54, 1.807) is 12.1 Å². The second kappa shape index (κ2) is 8.34. The van der Waals surface area contributed by atoms with Gasteiger partial charge in [0.1, 0.15) is 11.5 Å². The standard InChI is InChI=1S/C20H21ClN2O4S/c1-22(2)8-9-23-17(15-5-4-10-28-15)16(19(25)20(23)26)18(24)12-6-7-14(27-3)13(21)11-12/h4-7,10-11,17,24H,8-9H2,1-3H3/t17-/m1/s1. The first-order valence-electron chi connectivity index (χ1n) is 8.65. The van der Waals surface area contributed by atoms with Crippen molar-refractivity contribution in [2.24, 2.45) is 0 Å². The molecule has 8 heteroatoms. The Kier molecular flexibility index (Phi) is 6.07. The number of methoxy groups -OCH3 is 1. The van der Waals surface area contributed by atoms with E-state index in [2.05, 4.69) is 0 Å². The van der Waals surface area contributed by atoms with Crippen molar-refractivity contribution in [2.75, 3.05) is 34.3 Å². The first-order valence-corrected chi connectivity index (χ1v) is 9.91. The van der Waals surface area contributed by atoms with Crippen molar-refractivity contribution in [3.05, 3.63) is 56.7 Å². The summed E-state index contributed by atoms with van der Waals surface area (Å²) in [6.07, 6.45) is 0. The van der Waals surface area contributed by atoms with Crippen LogP contribution in [-0.4, -0.2) is 60.9 Å². The Bertz CT molecular complexity index is 924. The molecule has 6 nitrogen and oxygen atoms in total. The Labute approximate surface area is 172 Å². The molecule has 1 aromatic carbocycles. The maximum absolute atomic E-state index is 12.8. The summed E-state index contributed by atoms with van der Waals surface area (Å²) in [6, 6.07) is 7.84. The summed E-state index contributed by atoms with van der Waals surface area (Å²) >= 11 is 7.61. The summed E-state index contributed by atoms with van der Waals surface area (Å²) in [4.78, 5) is 29.8. The summed E-state index contributed by atoms with van der Waals surface area (Å²) < 4.78 is 5.13. The molecular weight excluding hydrogens is 400 g/mol. The molecule has 1 fully saturated rings. The number of hydrogen-bond donors (Lipinski definition) is 1. The van der Waals surface area contributed by atoms with Gasteiger partial charge in [-0.15, -0.1) is 11.3 Å². The normalized spacial score (nSPS) is 18.9. The van der Waals surface area contributed by atoms with Crippen LogP contribution in [0, 0.1) is 0 Å². The van der Waals surface area contributed by atoms with Crippen molar-refractivity contribution < 1.29 is 19.4 Å². The Hall–Kier alpha value is -2.35. The third-order valence-corrected chi connectivity index (χ3v) is 5.79. The average Bonchev–Trinajstić information content (AvgIpc) is 3.27. The molecule has 1 N–H and O–H groups in total. The van der Waals surface area contributed by atoms with Crippen molar-refractivity contribution in [3.8, 4) is 5.75 Å². The van der Waals surface area contributed by atoms with E-state index in [9.17, 15) is 14.7 Å². The first kappa shape index (κ1) is 20.4. The predicted molar refractivity (Wildman–Crippen MR) is 110 cm³/mol. The highest BCUT2D eigenvalue weighted by Crippen LogP contribution is 2.41. The van der Waals surface area contributed by atoms with Gasteiger partial charge in [0.2, 0.25) is 0 Å². The number of nitrogens with zero attached hydrogens (tertiary/aromatic N) is 2. The topological polar surface area (TPSA) is 70.1 Å². The van der Waals surface area contributed by atoms with E-state index in [1.807, 2.05) is 36.5 Å². The van der Waals surface area contributed by atoms with Crippen LogP contribution in [0.5, 0.6) is 5.75 Å². The molecule has 0 spiro atoms. The monoisotopic (exact) mass is 420 g/mol. The van der Waals surface area contributed by atoms with E-state index in [0.717, 1.165) is 4.88 Å². The number of thiophene rings is 1. The van der Waals surface area contributed by atoms with E-state index in [1.165, 1.54) is 29.4 Å². The number of Topliss-reactive ketones (excluding diaryl/α,β-unsaturated/α-hetero) is 1. The van der Waals surface area contributed by atoms with Crippen molar-refractivity contribution in [3.63, 3.8) is 0 Å². The fourth-order valence-corrected chi connectivity index (χ4v) is 4.23. The summed E-state index contributed by atoms with van der Waals surface area (Å²) in [6.45, 7) is 0.976. The lowest BCUT2D eigenvalue weighted by Crippen LogP contribution is -2.35. The van der Waals surface area contributed by atoms with Gasteiger partial charge in [-0.25, -0.2) is 0 Å². The number of carbonyl (C=O) groups is 2. The first-order chi connectivity index (χ1) is 13.3. The maximum Gasteiger partial charge on any atom is 0.295 e. The van der Waals surface area contributed by atoms with Gasteiger partial charge in [0.05, 0.1) is 23.7 Å². The number of ether oxygens (including phenoxy) is 1. The number of amides is 1. The van der Waals surface area contributed by atoms with Gasteiger partial charge in [0, 0.05) is 23.5 Å². The molecule has 3 rings (SSSR count). The van der Waals surface area contributed by atoms with Crippen LogP contribution in [0.3, 0.4) is 0 Å².